The van der Waals surface area contributed by atoms with Crippen LogP contribution in [0.15, 0.2) is 72.8 Å². The number of ether oxygens (including phenoxy) is 2. The van der Waals surface area contributed by atoms with Crippen LogP contribution in [0.2, 0.25) is 0 Å². The van der Waals surface area contributed by atoms with Gasteiger partial charge in [0.05, 0.1) is 14.2 Å². The topological polar surface area (TPSA) is 52.6 Å². The fourth-order valence-corrected chi connectivity index (χ4v) is 3.75. The number of methoxy groups -OCH3 is 2. The first kappa shape index (κ1) is 25.0. The lowest BCUT2D eigenvalue weighted by atomic mass is 10.0. The molecule has 0 fully saturated rings. The molecule has 0 aliphatic rings. The number of carbonyl (C=O) groups is 2. The summed E-state index contributed by atoms with van der Waals surface area (Å²) >= 11 is 0. The minimum absolute atomic E-state index is 0.236. The highest BCUT2D eigenvalue weighted by Crippen LogP contribution is 2.23. The largest absolute Gasteiger partial charge is 0.497 e. The van der Waals surface area contributed by atoms with E-state index in [0.717, 1.165) is 35.1 Å². The Morgan fingerprint density at radius 2 is 0.912 bits per heavy atom. The summed E-state index contributed by atoms with van der Waals surface area (Å²) < 4.78 is 10.4. The Balaban J connectivity index is 0.000000191. The lowest BCUT2D eigenvalue weighted by Gasteiger charge is -2.05. The zero-order chi connectivity index (χ0) is 24.5. The van der Waals surface area contributed by atoms with Crippen molar-refractivity contribution in [3.8, 4) is 11.5 Å². The third kappa shape index (κ3) is 7.17. The zero-order valence-electron chi connectivity index (χ0n) is 20.4. The van der Waals surface area contributed by atoms with Gasteiger partial charge in [0.1, 0.15) is 23.1 Å². The van der Waals surface area contributed by atoms with Crippen molar-refractivity contribution in [3.05, 3.63) is 83.9 Å². The van der Waals surface area contributed by atoms with Crippen molar-refractivity contribution in [2.75, 3.05) is 14.2 Å². The maximum Gasteiger partial charge on any atom is 0.130 e. The Morgan fingerprint density at radius 1 is 0.559 bits per heavy atom. The molecule has 0 saturated heterocycles. The van der Waals surface area contributed by atoms with Crippen LogP contribution < -0.4 is 9.47 Å². The lowest BCUT2D eigenvalue weighted by molar-refractivity contribution is -0.117. The van der Waals surface area contributed by atoms with Gasteiger partial charge >= 0.3 is 0 Å². The summed E-state index contributed by atoms with van der Waals surface area (Å²) in [5, 5.41) is 4.70. The van der Waals surface area contributed by atoms with Crippen molar-refractivity contribution in [2.24, 2.45) is 0 Å². The van der Waals surface area contributed by atoms with Gasteiger partial charge in [-0.15, -0.1) is 0 Å². The van der Waals surface area contributed by atoms with Crippen LogP contribution >= 0.6 is 0 Å². The van der Waals surface area contributed by atoms with Gasteiger partial charge in [-0.25, -0.2) is 0 Å². The van der Waals surface area contributed by atoms with E-state index in [-0.39, 0.29) is 11.6 Å². The van der Waals surface area contributed by atoms with Crippen molar-refractivity contribution in [3.63, 3.8) is 0 Å². The van der Waals surface area contributed by atoms with Crippen molar-refractivity contribution in [1.82, 2.24) is 0 Å². The maximum absolute atomic E-state index is 10.9. The number of hydrogen-bond acceptors (Lipinski definition) is 4. The van der Waals surface area contributed by atoms with Crippen LogP contribution in [0.3, 0.4) is 0 Å². The highest BCUT2D eigenvalue weighted by molar-refractivity contribution is 5.85. The van der Waals surface area contributed by atoms with Gasteiger partial charge in [-0.2, -0.15) is 0 Å². The molecular weight excluding hydrogens is 424 g/mol. The standard InChI is InChI=1S/2C15H16O2/c2*1-11(16)3-4-12-5-6-14-10-15(17-2)8-7-13(14)9-12/h2*5-10H,3-4H2,1-2H3. The number of rotatable bonds is 8. The first-order chi connectivity index (χ1) is 16.4. The summed E-state index contributed by atoms with van der Waals surface area (Å²) in [5.74, 6) is 2.21. The molecule has 0 aliphatic heterocycles. The number of hydrogen-bond donors (Lipinski definition) is 0. The Morgan fingerprint density at radius 3 is 1.26 bits per heavy atom. The normalized spacial score (nSPS) is 10.5. The molecule has 0 N–H and O–H groups in total. The van der Waals surface area contributed by atoms with Crippen LogP contribution in [0.25, 0.3) is 21.5 Å². The van der Waals surface area contributed by atoms with Crippen LogP contribution in [0, 0.1) is 0 Å². The summed E-state index contributed by atoms with van der Waals surface area (Å²) in [6.07, 6.45) is 2.86. The van der Waals surface area contributed by atoms with Crippen LogP contribution in [-0.4, -0.2) is 25.8 Å². The van der Waals surface area contributed by atoms with E-state index in [1.54, 1.807) is 28.1 Å². The molecule has 0 atom stereocenters. The summed E-state index contributed by atoms with van der Waals surface area (Å²) in [4.78, 5) is 21.9. The molecule has 4 heteroatoms. The highest BCUT2D eigenvalue weighted by atomic mass is 16.5. The number of benzene rings is 4. The number of ketones is 2. The second-order valence-corrected chi connectivity index (χ2v) is 8.50. The van der Waals surface area contributed by atoms with E-state index >= 15 is 0 Å². The third-order valence-electron chi connectivity index (χ3n) is 5.76. The Bertz CT molecular complexity index is 1190. The molecule has 4 aromatic rings. The lowest BCUT2D eigenvalue weighted by Crippen LogP contribution is -1.93. The third-order valence-corrected chi connectivity index (χ3v) is 5.76. The minimum atomic E-state index is 0.236. The van der Waals surface area contributed by atoms with Crippen LogP contribution in [-0.2, 0) is 22.4 Å². The summed E-state index contributed by atoms with van der Waals surface area (Å²) in [5.41, 5.74) is 2.41. The molecule has 0 radical (unpaired) electrons. The van der Waals surface area contributed by atoms with E-state index in [9.17, 15) is 9.59 Å². The monoisotopic (exact) mass is 456 g/mol. The average molecular weight is 457 g/mol. The van der Waals surface area contributed by atoms with Crippen molar-refractivity contribution in [1.29, 1.82) is 0 Å². The zero-order valence-corrected chi connectivity index (χ0v) is 20.4. The van der Waals surface area contributed by atoms with Gasteiger partial charge in [0.25, 0.3) is 0 Å². The predicted molar refractivity (Wildman–Crippen MR) is 139 cm³/mol. The molecule has 0 unspecified atom stereocenters. The molecule has 0 amide bonds. The summed E-state index contributed by atoms with van der Waals surface area (Å²) in [6.45, 7) is 3.26. The minimum Gasteiger partial charge on any atom is -0.497 e. The van der Waals surface area contributed by atoms with E-state index in [0.29, 0.717) is 12.8 Å². The van der Waals surface area contributed by atoms with E-state index < -0.39 is 0 Å². The second-order valence-electron chi connectivity index (χ2n) is 8.50. The smallest absolute Gasteiger partial charge is 0.130 e. The fraction of sp³-hybridized carbons (Fsp3) is 0.267. The molecule has 176 valence electrons. The van der Waals surface area contributed by atoms with Crippen molar-refractivity contribution in [2.45, 2.75) is 39.5 Å². The summed E-state index contributed by atoms with van der Waals surface area (Å²) in [6, 6.07) is 24.6. The van der Waals surface area contributed by atoms with Crippen molar-refractivity contribution < 1.29 is 19.1 Å². The van der Waals surface area contributed by atoms with Gasteiger partial charge in [-0.05, 0) is 83.6 Å². The maximum atomic E-state index is 10.9. The Kier molecular flexibility index (Phi) is 8.80. The predicted octanol–water partition coefficient (Wildman–Crippen LogP) is 6.74. The average Bonchev–Trinajstić information content (AvgIpc) is 2.85. The number of aryl methyl sites for hydroxylation is 2. The quantitative estimate of drug-likeness (QED) is 0.295. The number of fused-ring (bicyclic) bond motifs is 2. The van der Waals surface area contributed by atoms with E-state index in [2.05, 4.69) is 36.4 Å². The molecule has 4 rings (SSSR count). The van der Waals surface area contributed by atoms with Gasteiger partial charge < -0.3 is 19.1 Å². The number of Topliss-reactive ketones (excluding diaryl/α,β-unsaturated/α-hetero) is 2. The van der Waals surface area contributed by atoms with Gasteiger partial charge in [0.15, 0.2) is 0 Å². The molecule has 0 bridgehead atoms. The van der Waals surface area contributed by atoms with E-state index in [1.807, 2.05) is 36.4 Å². The number of carbonyl (C=O) groups excluding carboxylic acids is 2. The van der Waals surface area contributed by atoms with Crippen molar-refractivity contribution >= 4 is 33.1 Å². The molecular formula is C30H32O4. The molecule has 0 saturated carbocycles. The second kappa shape index (κ2) is 12.0. The van der Waals surface area contributed by atoms with E-state index in [4.69, 9.17) is 9.47 Å². The fourth-order valence-electron chi connectivity index (χ4n) is 3.75. The Hall–Kier alpha value is -3.66. The van der Waals surface area contributed by atoms with E-state index in [1.165, 1.54) is 21.9 Å². The molecule has 4 aromatic carbocycles. The van der Waals surface area contributed by atoms with Gasteiger partial charge in [0, 0.05) is 12.8 Å². The van der Waals surface area contributed by atoms with Gasteiger partial charge in [0.2, 0.25) is 0 Å². The molecule has 4 nitrogen and oxygen atoms in total. The first-order valence-corrected chi connectivity index (χ1v) is 11.5. The molecule has 0 spiro atoms. The highest BCUT2D eigenvalue weighted by Gasteiger charge is 2.02. The molecule has 0 heterocycles. The van der Waals surface area contributed by atoms with Crippen LogP contribution in [0.5, 0.6) is 11.5 Å². The van der Waals surface area contributed by atoms with Gasteiger partial charge in [-0.3, -0.25) is 0 Å². The molecule has 34 heavy (non-hydrogen) atoms. The SMILES string of the molecule is COc1ccc2cc(CCC(C)=O)ccc2c1.COc1ccc2cc(CCC(C)=O)ccc2c1. The van der Waals surface area contributed by atoms with Crippen LogP contribution in [0.4, 0.5) is 0 Å². The Labute approximate surface area is 201 Å². The summed E-state index contributed by atoms with van der Waals surface area (Å²) in [7, 11) is 3.34. The molecule has 0 aromatic heterocycles. The molecule has 0 aliphatic carbocycles. The first-order valence-electron chi connectivity index (χ1n) is 11.5. The van der Waals surface area contributed by atoms with Gasteiger partial charge in [-0.1, -0.05) is 48.5 Å². The van der Waals surface area contributed by atoms with Crippen LogP contribution in [0.1, 0.15) is 37.8 Å².